The Hall–Kier alpha value is -4.33. The fourth-order valence-electron chi connectivity index (χ4n) is 4.58. The van der Waals surface area contributed by atoms with E-state index in [1.807, 2.05) is 18.2 Å². The lowest BCUT2D eigenvalue weighted by Gasteiger charge is -2.21. The maximum atomic E-state index is 13.3. The van der Waals surface area contributed by atoms with Crippen LogP contribution in [0.25, 0.3) is 10.9 Å². The van der Waals surface area contributed by atoms with Crippen molar-refractivity contribution in [1.82, 2.24) is 25.1 Å². The molecule has 10 heteroatoms. The smallest absolute Gasteiger partial charge is 0.230 e. The Morgan fingerprint density at radius 2 is 2.13 bits per heavy atom. The first-order chi connectivity index (χ1) is 18.6. The Bertz CT molecular complexity index is 1490. The number of amides is 1. The van der Waals surface area contributed by atoms with Gasteiger partial charge in [0, 0.05) is 47.4 Å². The number of H-pyrrole nitrogens is 1. The lowest BCUT2D eigenvalue weighted by atomic mass is 10.1. The molecule has 1 amide bonds. The van der Waals surface area contributed by atoms with Gasteiger partial charge in [0.05, 0.1) is 18.5 Å². The van der Waals surface area contributed by atoms with Crippen LogP contribution in [-0.4, -0.2) is 61.8 Å². The van der Waals surface area contributed by atoms with Crippen molar-refractivity contribution in [3.63, 3.8) is 0 Å². The number of anilines is 3. The molecule has 2 aromatic carbocycles. The van der Waals surface area contributed by atoms with Gasteiger partial charge in [-0.15, -0.1) is 0 Å². The summed E-state index contributed by atoms with van der Waals surface area (Å²) in [4.78, 5) is 23.3. The highest BCUT2D eigenvalue weighted by atomic mass is 19.1. The van der Waals surface area contributed by atoms with E-state index in [1.54, 1.807) is 12.1 Å². The number of hydrogen-bond acceptors (Lipinski definition) is 7. The SMILES string of the molecule is O=C(Cc1cc(Nc2ncnc3cc(C#CCCN4CCC[C@@H]4CO)ccc23)n[nH]1)Nc1cccc(F)c1. The standard InChI is InChI=1S/C28H28FN7O2/c29-20-6-3-7-21(14-20)32-27(38)16-22-15-26(35-34-22)33-28-24-10-9-19(13-25(24)30-18-31-28)5-1-2-11-36-12-4-8-23(36)17-37/h3,6-7,9-10,13-15,18,23,37H,2,4,8,11-12,16-17H2,(H,32,38)(H2,30,31,33,34,35)/t23-/m1/s1. The predicted octanol–water partition coefficient (Wildman–Crippen LogP) is 3.62. The average Bonchev–Trinajstić information content (AvgIpc) is 3.55. The van der Waals surface area contributed by atoms with Crippen LogP contribution in [0, 0.1) is 17.7 Å². The molecule has 0 spiro atoms. The lowest BCUT2D eigenvalue weighted by molar-refractivity contribution is -0.115. The Balaban J connectivity index is 1.20. The number of aliphatic hydroxyl groups excluding tert-OH is 1. The molecule has 1 saturated heterocycles. The summed E-state index contributed by atoms with van der Waals surface area (Å²) in [5, 5.41) is 23.2. The number of aromatic nitrogens is 4. The van der Waals surface area contributed by atoms with Gasteiger partial charge in [0.2, 0.25) is 5.91 Å². The van der Waals surface area contributed by atoms with E-state index < -0.39 is 5.82 Å². The number of halogens is 1. The largest absolute Gasteiger partial charge is 0.395 e. The Labute approximate surface area is 219 Å². The van der Waals surface area contributed by atoms with E-state index in [1.165, 1.54) is 24.5 Å². The van der Waals surface area contributed by atoms with Gasteiger partial charge in [0.25, 0.3) is 0 Å². The summed E-state index contributed by atoms with van der Waals surface area (Å²) in [6, 6.07) is 13.5. The minimum Gasteiger partial charge on any atom is -0.395 e. The molecule has 0 saturated carbocycles. The zero-order valence-corrected chi connectivity index (χ0v) is 20.7. The van der Waals surface area contributed by atoms with Crippen LogP contribution in [0.3, 0.4) is 0 Å². The molecule has 1 fully saturated rings. The third kappa shape index (κ3) is 6.32. The number of nitrogens with one attached hydrogen (secondary N) is 3. The van der Waals surface area contributed by atoms with Crippen molar-refractivity contribution in [1.29, 1.82) is 0 Å². The number of carbonyl (C=O) groups excluding carboxylic acids is 1. The summed E-state index contributed by atoms with van der Waals surface area (Å²) >= 11 is 0. The summed E-state index contributed by atoms with van der Waals surface area (Å²) in [7, 11) is 0. The van der Waals surface area contributed by atoms with Gasteiger partial charge in [-0.3, -0.25) is 14.8 Å². The Morgan fingerprint density at radius 3 is 3.00 bits per heavy atom. The van der Waals surface area contributed by atoms with Crippen molar-refractivity contribution in [2.45, 2.75) is 31.7 Å². The third-order valence-electron chi connectivity index (χ3n) is 6.44. The molecule has 4 aromatic rings. The van der Waals surface area contributed by atoms with E-state index >= 15 is 0 Å². The Kier molecular flexibility index (Phi) is 7.87. The van der Waals surface area contributed by atoms with Gasteiger partial charge in [-0.25, -0.2) is 14.4 Å². The van der Waals surface area contributed by atoms with Gasteiger partial charge in [0.15, 0.2) is 5.82 Å². The van der Waals surface area contributed by atoms with Crippen LogP contribution >= 0.6 is 0 Å². The average molecular weight is 514 g/mol. The first kappa shape index (κ1) is 25.3. The Morgan fingerprint density at radius 1 is 1.21 bits per heavy atom. The van der Waals surface area contributed by atoms with E-state index in [9.17, 15) is 14.3 Å². The number of carbonyl (C=O) groups is 1. The normalized spacial score (nSPS) is 15.3. The van der Waals surface area contributed by atoms with Gasteiger partial charge in [-0.2, -0.15) is 5.10 Å². The zero-order chi connectivity index (χ0) is 26.3. The molecule has 0 aliphatic carbocycles. The topological polar surface area (TPSA) is 119 Å². The number of benzene rings is 2. The van der Waals surface area contributed by atoms with Crippen LogP contribution in [0.4, 0.5) is 21.7 Å². The van der Waals surface area contributed by atoms with E-state index in [4.69, 9.17) is 0 Å². The summed E-state index contributed by atoms with van der Waals surface area (Å²) in [5.74, 6) is 6.82. The maximum Gasteiger partial charge on any atom is 0.230 e. The molecule has 194 valence electrons. The van der Waals surface area contributed by atoms with Crippen LogP contribution in [-0.2, 0) is 11.2 Å². The molecule has 0 radical (unpaired) electrons. The van der Waals surface area contributed by atoms with Crippen LogP contribution in [0.15, 0.2) is 54.9 Å². The van der Waals surface area contributed by atoms with Crippen molar-refractivity contribution < 1.29 is 14.3 Å². The molecular weight excluding hydrogens is 485 g/mol. The molecule has 9 nitrogen and oxygen atoms in total. The number of nitrogens with zero attached hydrogens (tertiary/aromatic N) is 4. The van der Waals surface area contributed by atoms with Gasteiger partial charge >= 0.3 is 0 Å². The maximum absolute atomic E-state index is 13.3. The minimum absolute atomic E-state index is 0.0517. The van der Waals surface area contributed by atoms with Crippen LogP contribution < -0.4 is 10.6 Å². The molecular formula is C28H28FN7O2. The van der Waals surface area contributed by atoms with Gasteiger partial charge < -0.3 is 15.7 Å². The summed E-state index contributed by atoms with van der Waals surface area (Å²) in [6.07, 6.45) is 4.45. The fraction of sp³-hybridized carbons (Fsp3) is 0.286. The van der Waals surface area contributed by atoms with E-state index in [2.05, 4.69) is 47.5 Å². The van der Waals surface area contributed by atoms with Gasteiger partial charge in [0.1, 0.15) is 18.0 Å². The summed E-state index contributed by atoms with van der Waals surface area (Å²) in [5.41, 5.74) is 2.61. The number of aromatic amines is 1. The fourth-order valence-corrected chi connectivity index (χ4v) is 4.58. The minimum atomic E-state index is -0.415. The number of aliphatic hydroxyl groups is 1. The molecule has 1 atom stereocenters. The molecule has 1 aliphatic rings. The number of fused-ring (bicyclic) bond motifs is 1. The molecule has 1 aliphatic heterocycles. The van der Waals surface area contributed by atoms with Crippen molar-refractivity contribution in [3.8, 4) is 11.8 Å². The van der Waals surface area contributed by atoms with Crippen molar-refractivity contribution in [3.05, 3.63) is 71.9 Å². The second-order valence-corrected chi connectivity index (χ2v) is 9.16. The molecule has 38 heavy (non-hydrogen) atoms. The zero-order valence-electron chi connectivity index (χ0n) is 20.7. The number of likely N-dealkylation sites (tertiary alicyclic amines) is 1. The second-order valence-electron chi connectivity index (χ2n) is 9.16. The van der Waals surface area contributed by atoms with E-state index in [0.717, 1.165) is 48.8 Å². The van der Waals surface area contributed by atoms with Crippen molar-refractivity contribution >= 4 is 34.1 Å². The summed E-state index contributed by atoms with van der Waals surface area (Å²) < 4.78 is 13.3. The highest BCUT2D eigenvalue weighted by Crippen LogP contribution is 2.23. The highest BCUT2D eigenvalue weighted by molar-refractivity contribution is 5.93. The molecule has 0 unspecified atom stereocenters. The molecule has 2 aromatic heterocycles. The first-order valence-corrected chi connectivity index (χ1v) is 12.5. The van der Waals surface area contributed by atoms with Gasteiger partial charge in [-0.05, 0) is 55.8 Å². The third-order valence-corrected chi connectivity index (χ3v) is 6.44. The van der Waals surface area contributed by atoms with Crippen LogP contribution in [0.1, 0.15) is 30.5 Å². The van der Waals surface area contributed by atoms with Gasteiger partial charge in [-0.1, -0.05) is 17.9 Å². The predicted molar refractivity (Wildman–Crippen MR) is 143 cm³/mol. The highest BCUT2D eigenvalue weighted by Gasteiger charge is 2.22. The quantitative estimate of drug-likeness (QED) is 0.266. The summed E-state index contributed by atoms with van der Waals surface area (Å²) in [6.45, 7) is 2.09. The van der Waals surface area contributed by atoms with E-state index in [0.29, 0.717) is 23.0 Å². The molecule has 4 N–H and O–H groups in total. The number of rotatable bonds is 8. The monoisotopic (exact) mass is 513 g/mol. The van der Waals surface area contributed by atoms with Crippen molar-refractivity contribution in [2.75, 3.05) is 30.3 Å². The lowest BCUT2D eigenvalue weighted by Crippen LogP contribution is -2.32. The van der Waals surface area contributed by atoms with Crippen molar-refractivity contribution in [2.24, 2.45) is 0 Å². The molecule has 5 rings (SSSR count). The van der Waals surface area contributed by atoms with Crippen LogP contribution in [0.2, 0.25) is 0 Å². The number of hydrogen-bond donors (Lipinski definition) is 4. The molecule has 0 bridgehead atoms. The second kappa shape index (κ2) is 11.8. The molecule has 3 heterocycles. The van der Waals surface area contributed by atoms with E-state index in [-0.39, 0.29) is 25.0 Å². The van der Waals surface area contributed by atoms with Crippen LogP contribution in [0.5, 0.6) is 0 Å². The first-order valence-electron chi connectivity index (χ1n) is 12.5.